The minimum absolute atomic E-state index is 0.0116. The maximum Gasteiger partial charge on any atom is 0.308 e. The smallest absolute Gasteiger partial charge is 0.308 e. The monoisotopic (exact) mass is 669 g/mol. The zero-order chi connectivity index (χ0) is 35.9. The summed E-state index contributed by atoms with van der Waals surface area (Å²) in [4.78, 5) is 87.2. The topological polar surface area (TPSA) is 145 Å². The molecule has 0 aromatic heterocycles. The van der Waals surface area contributed by atoms with Crippen LogP contribution in [-0.2, 0) is 39.9 Å². The highest BCUT2D eigenvalue weighted by Crippen LogP contribution is 2.27. The second-order valence-electron chi connectivity index (χ2n) is 14.4. The van der Waals surface area contributed by atoms with E-state index in [9.17, 15) is 28.8 Å². The van der Waals surface area contributed by atoms with Gasteiger partial charge in [0, 0.05) is 33.6 Å². The molecule has 2 fully saturated rings. The van der Waals surface area contributed by atoms with Gasteiger partial charge in [0.15, 0.2) is 6.10 Å². The average Bonchev–Trinajstić information content (AvgIpc) is 3.40. The van der Waals surface area contributed by atoms with Crippen molar-refractivity contribution < 1.29 is 33.5 Å². The summed E-state index contributed by atoms with van der Waals surface area (Å²) >= 11 is 0. The van der Waals surface area contributed by atoms with Gasteiger partial charge in [-0.25, -0.2) is 0 Å². The highest BCUT2D eigenvalue weighted by Gasteiger charge is 2.45. The molecule has 1 aromatic rings. The van der Waals surface area contributed by atoms with Gasteiger partial charge in [0.2, 0.25) is 23.6 Å². The largest absolute Gasteiger partial charge is 0.452 e. The summed E-state index contributed by atoms with van der Waals surface area (Å²) in [6, 6.07) is 5.50. The van der Waals surface area contributed by atoms with Crippen LogP contribution in [0.2, 0.25) is 0 Å². The van der Waals surface area contributed by atoms with Gasteiger partial charge in [0.05, 0.1) is 6.42 Å². The van der Waals surface area contributed by atoms with Crippen LogP contribution >= 0.6 is 0 Å². The van der Waals surface area contributed by atoms with E-state index in [-0.39, 0.29) is 49.5 Å². The second-order valence-corrected chi connectivity index (χ2v) is 14.4. The molecule has 3 rings (SSSR count). The van der Waals surface area contributed by atoms with E-state index in [2.05, 4.69) is 10.6 Å². The summed E-state index contributed by atoms with van der Waals surface area (Å²) in [6.45, 7) is 13.2. The van der Waals surface area contributed by atoms with Gasteiger partial charge in [0.25, 0.3) is 5.91 Å². The maximum atomic E-state index is 14.4. The number of hydrogen-bond acceptors (Lipinski definition) is 7. The molecule has 0 saturated carbocycles. The highest BCUT2D eigenvalue weighted by molar-refractivity contribution is 5.96. The number of hydrogen-bond donors (Lipinski definition) is 2. The van der Waals surface area contributed by atoms with E-state index in [1.807, 2.05) is 78.8 Å². The molecule has 2 heterocycles. The van der Waals surface area contributed by atoms with Gasteiger partial charge in [-0.2, -0.15) is 0 Å². The first-order valence-corrected chi connectivity index (χ1v) is 17.2. The number of fused-ring (bicyclic) bond motifs is 1. The van der Waals surface area contributed by atoms with Crippen molar-refractivity contribution in [1.82, 2.24) is 25.3 Å². The summed E-state index contributed by atoms with van der Waals surface area (Å²) in [6.07, 6.45) is -0.312. The third-order valence-electron chi connectivity index (χ3n) is 9.33. The predicted octanol–water partition coefficient (Wildman–Crippen LogP) is 2.39. The van der Waals surface area contributed by atoms with E-state index < -0.39 is 65.8 Å². The molecular formula is C36H55N5O7. The number of rotatable bonds is 6. The van der Waals surface area contributed by atoms with Gasteiger partial charge in [0.1, 0.15) is 24.2 Å². The molecule has 48 heavy (non-hydrogen) atoms. The molecule has 1 aromatic carbocycles. The maximum absolute atomic E-state index is 14.4. The second kappa shape index (κ2) is 16.9. The van der Waals surface area contributed by atoms with Crippen molar-refractivity contribution in [2.45, 2.75) is 104 Å². The number of likely N-dealkylation sites (N-methyl/N-ethyl adjacent to an activating group) is 2. The van der Waals surface area contributed by atoms with Crippen LogP contribution in [0.4, 0.5) is 0 Å². The van der Waals surface area contributed by atoms with Gasteiger partial charge >= 0.3 is 5.97 Å². The number of carbonyl (C=O) groups excluding carboxylic acids is 6. The Hall–Kier alpha value is -3.96. The Labute approximate surface area is 285 Å². The zero-order valence-electron chi connectivity index (χ0n) is 30.0. The molecule has 12 nitrogen and oxygen atoms in total. The van der Waals surface area contributed by atoms with Crippen molar-refractivity contribution in [2.75, 3.05) is 27.2 Å². The number of benzene rings is 1. The van der Waals surface area contributed by atoms with Crippen molar-refractivity contribution in [2.24, 2.45) is 23.7 Å². The Morgan fingerprint density at radius 1 is 0.812 bits per heavy atom. The molecular weight excluding hydrogens is 614 g/mol. The number of amides is 5. The Kier molecular flexibility index (Phi) is 13.6. The molecule has 0 radical (unpaired) electrons. The van der Waals surface area contributed by atoms with E-state index in [1.165, 1.54) is 14.7 Å². The third-order valence-corrected chi connectivity index (χ3v) is 9.33. The lowest BCUT2D eigenvalue weighted by Crippen LogP contribution is -2.61. The molecule has 0 spiro atoms. The number of ether oxygens (including phenoxy) is 1. The van der Waals surface area contributed by atoms with Crippen molar-refractivity contribution >= 4 is 35.5 Å². The van der Waals surface area contributed by atoms with Crippen LogP contribution in [0.5, 0.6) is 0 Å². The van der Waals surface area contributed by atoms with Crippen molar-refractivity contribution in [1.29, 1.82) is 0 Å². The van der Waals surface area contributed by atoms with E-state index in [0.717, 1.165) is 5.56 Å². The standard InChI is InChI=1S/C36H55N5O7/c1-21(2)19-27-35(46)41-18-16-24(7)31(41)33(44)38-26(20-25-13-11-10-12-14-25)34(45)40(9)30(23(5)6)36(47)39(8)29(22(3)4)32(43)37-17-15-28(42)48-27/h10-14,21-24,26-27,29-31H,15-20H2,1-9H3,(H,37,43)(H,38,44)/t24-,26-,27-,29?,30-,31-/m0/s1. The molecule has 1 unspecified atom stereocenters. The Balaban J connectivity index is 2.11. The van der Waals surface area contributed by atoms with Crippen molar-refractivity contribution in [3.63, 3.8) is 0 Å². The first-order chi connectivity index (χ1) is 22.5. The molecule has 266 valence electrons. The van der Waals surface area contributed by atoms with Gasteiger partial charge in [-0.05, 0) is 42.1 Å². The fraction of sp³-hybridized carbons (Fsp3) is 0.667. The van der Waals surface area contributed by atoms with Crippen LogP contribution in [0.25, 0.3) is 0 Å². The van der Waals surface area contributed by atoms with Crippen LogP contribution in [0, 0.1) is 23.7 Å². The van der Waals surface area contributed by atoms with Crippen molar-refractivity contribution in [3.05, 3.63) is 35.9 Å². The molecule has 2 aliphatic heterocycles. The lowest BCUT2D eigenvalue weighted by atomic mass is 9.95. The van der Waals surface area contributed by atoms with Gasteiger partial charge in [-0.3, -0.25) is 28.8 Å². The minimum atomic E-state index is -1.11. The fourth-order valence-corrected chi connectivity index (χ4v) is 6.88. The molecule has 2 N–H and O–H groups in total. The third kappa shape index (κ3) is 9.35. The van der Waals surface area contributed by atoms with Crippen LogP contribution < -0.4 is 10.6 Å². The summed E-state index contributed by atoms with van der Waals surface area (Å²) in [5.41, 5.74) is 0.806. The molecule has 0 bridgehead atoms. The first-order valence-electron chi connectivity index (χ1n) is 17.2. The number of carbonyl (C=O) groups is 6. The van der Waals surface area contributed by atoms with Gasteiger partial charge < -0.3 is 30.1 Å². The van der Waals surface area contributed by atoms with Crippen LogP contribution in [0.1, 0.15) is 73.3 Å². The normalized spacial score (nSPS) is 27.5. The van der Waals surface area contributed by atoms with Crippen molar-refractivity contribution in [3.8, 4) is 0 Å². The van der Waals surface area contributed by atoms with Crippen LogP contribution in [0.15, 0.2) is 30.3 Å². The molecule has 12 heteroatoms. The Morgan fingerprint density at radius 3 is 2.00 bits per heavy atom. The van der Waals surface area contributed by atoms with Crippen LogP contribution in [-0.4, -0.2) is 108 Å². The highest BCUT2D eigenvalue weighted by atomic mass is 16.5. The Bertz CT molecular complexity index is 1320. The quantitative estimate of drug-likeness (QED) is 0.443. The Morgan fingerprint density at radius 2 is 1.42 bits per heavy atom. The predicted molar refractivity (Wildman–Crippen MR) is 181 cm³/mol. The van der Waals surface area contributed by atoms with Gasteiger partial charge in [-0.15, -0.1) is 0 Å². The summed E-state index contributed by atoms with van der Waals surface area (Å²) in [5, 5.41) is 5.70. The van der Waals surface area contributed by atoms with E-state index in [4.69, 9.17) is 4.74 Å². The van der Waals surface area contributed by atoms with Gasteiger partial charge in [-0.1, -0.05) is 78.8 Å². The molecule has 0 aliphatic carbocycles. The van der Waals surface area contributed by atoms with E-state index in [1.54, 1.807) is 14.1 Å². The van der Waals surface area contributed by atoms with E-state index in [0.29, 0.717) is 13.0 Å². The summed E-state index contributed by atoms with van der Waals surface area (Å²) in [7, 11) is 3.09. The minimum Gasteiger partial charge on any atom is -0.452 e. The molecule has 2 aliphatic rings. The number of nitrogens with one attached hydrogen (secondary N) is 2. The molecule has 5 amide bonds. The SMILES string of the molecule is CC(C)C[C@@H]1OC(=O)CCNC(=O)C(C(C)C)N(C)C(=O)[C@H](C(C)C)N(C)C(=O)[C@H](Cc2ccccc2)NC(=O)[C@@H]2[C@@H](C)CCN2C1=O. The van der Waals surface area contributed by atoms with E-state index >= 15 is 0 Å². The lowest BCUT2D eigenvalue weighted by Gasteiger charge is -2.38. The average molecular weight is 670 g/mol. The zero-order valence-corrected chi connectivity index (χ0v) is 30.0. The molecule has 2 saturated heterocycles. The number of cyclic esters (lactones) is 1. The number of esters is 1. The number of nitrogens with zero attached hydrogens (tertiary/aromatic N) is 3. The summed E-state index contributed by atoms with van der Waals surface area (Å²) in [5.74, 6) is -3.75. The fourth-order valence-electron chi connectivity index (χ4n) is 6.88. The first kappa shape index (κ1) is 38.5. The van der Waals surface area contributed by atoms with Crippen LogP contribution in [0.3, 0.4) is 0 Å². The lowest BCUT2D eigenvalue weighted by molar-refractivity contribution is -0.162. The summed E-state index contributed by atoms with van der Waals surface area (Å²) < 4.78 is 5.70. The molecule has 6 atom stereocenters.